The van der Waals surface area contributed by atoms with Gasteiger partial charge in [0.15, 0.2) is 0 Å². The van der Waals surface area contributed by atoms with Crippen LogP contribution >= 0.6 is 11.3 Å². The molecule has 0 saturated carbocycles. The zero-order chi connectivity index (χ0) is 29.9. The van der Waals surface area contributed by atoms with E-state index in [0.717, 1.165) is 52.0 Å². The number of nitrogens with one attached hydrogen (secondary N) is 1. The van der Waals surface area contributed by atoms with Crippen LogP contribution in [0.25, 0.3) is 21.3 Å². The fraction of sp³-hybridized carbons (Fsp3) is 0.529. The molecule has 8 nitrogen and oxygen atoms in total. The van der Waals surface area contributed by atoms with Crippen molar-refractivity contribution in [3.63, 3.8) is 0 Å². The number of nitrogens with zero attached hydrogens (tertiary/aromatic N) is 3. The summed E-state index contributed by atoms with van der Waals surface area (Å²) in [5, 5.41) is 4.12. The number of carbonyl (C=O) groups is 3. The van der Waals surface area contributed by atoms with Crippen LogP contribution < -0.4 is 5.32 Å². The van der Waals surface area contributed by atoms with Gasteiger partial charge in [-0.2, -0.15) is 0 Å². The normalized spacial score (nSPS) is 22.6. The lowest BCUT2D eigenvalue weighted by Gasteiger charge is -2.38. The van der Waals surface area contributed by atoms with Gasteiger partial charge in [-0.25, -0.2) is 4.98 Å². The molecule has 9 heteroatoms. The Bertz CT molecular complexity index is 1450. The first-order chi connectivity index (χ1) is 20.9. The second kappa shape index (κ2) is 13.1. The summed E-state index contributed by atoms with van der Waals surface area (Å²) in [6.45, 7) is 6.35. The maximum atomic E-state index is 14.4. The quantitative estimate of drug-likeness (QED) is 0.364. The van der Waals surface area contributed by atoms with Crippen molar-refractivity contribution in [2.45, 2.75) is 77.0 Å². The van der Waals surface area contributed by atoms with Gasteiger partial charge in [0, 0.05) is 37.7 Å². The number of rotatable bonds is 8. The number of carbonyl (C=O) groups excluding carboxylic acids is 3. The van der Waals surface area contributed by atoms with Crippen molar-refractivity contribution in [2.24, 2.45) is 11.8 Å². The minimum absolute atomic E-state index is 0.0226. The molecule has 3 saturated heterocycles. The third-order valence-electron chi connectivity index (χ3n) is 9.49. The third-order valence-corrected chi connectivity index (χ3v) is 10.6. The number of likely N-dealkylation sites (tertiary alicyclic amines) is 2. The van der Waals surface area contributed by atoms with Crippen molar-refractivity contribution in [3.8, 4) is 11.1 Å². The van der Waals surface area contributed by atoms with Crippen LogP contribution in [-0.2, 0) is 19.1 Å². The highest BCUT2D eigenvalue weighted by molar-refractivity contribution is 7.18. The Balaban J connectivity index is 1.23. The summed E-state index contributed by atoms with van der Waals surface area (Å²) >= 11 is 1.66. The Labute approximate surface area is 257 Å². The number of piperidine rings is 1. The average Bonchev–Trinajstić information content (AvgIpc) is 3.84. The molecule has 1 N–H and O–H groups in total. The van der Waals surface area contributed by atoms with Gasteiger partial charge in [0.25, 0.3) is 5.91 Å². The van der Waals surface area contributed by atoms with Crippen molar-refractivity contribution < 1.29 is 19.1 Å². The zero-order valence-corrected chi connectivity index (χ0v) is 26.0. The van der Waals surface area contributed by atoms with Crippen LogP contribution in [0.3, 0.4) is 0 Å². The van der Waals surface area contributed by atoms with Crippen molar-refractivity contribution >= 4 is 39.3 Å². The molecule has 3 aromatic rings. The summed E-state index contributed by atoms with van der Waals surface area (Å²) in [5.74, 6) is -0.248. The van der Waals surface area contributed by atoms with Gasteiger partial charge in [-0.15, -0.1) is 11.3 Å². The van der Waals surface area contributed by atoms with Gasteiger partial charge in [-0.3, -0.25) is 14.4 Å². The third kappa shape index (κ3) is 6.20. The summed E-state index contributed by atoms with van der Waals surface area (Å²) in [6.07, 6.45) is 5.18. The molecule has 4 atom stereocenters. The monoisotopic (exact) mass is 602 g/mol. The minimum atomic E-state index is -0.614. The molecular weight excluding hydrogens is 560 g/mol. The predicted octanol–water partition coefficient (Wildman–Crippen LogP) is 5.58. The highest BCUT2D eigenvalue weighted by atomic mass is 32.1. The Morgan fingerprint density at radius 2 is 1.79 bits per heavy atom. The fourth-order valence-electron chi connectivity index (χ4n) is 6.72. The smallest absolute Gasteiger partial charge is 0.251 e. The number of fused-ring (bicyclic) bond motifs is 1. The van der Waals surface area contributed by atoms with Gasteiger partial charge in [0.05, 0.1) is 16.3 Å². The molecule has 228 valence electrons. The molecular formula is C34H42N4O4S. The van der Waals surface area contributed by atoms with E-state index in [4.69, 9.17) is 9.72 Å². The van der Waals surface area contributed by atoms with E-state index in [1.165, 1.54) is 0 Å². The van der Waals surface area contributed by atoms with Crippen LogP contribution in [-0.4, -0.2) is 70.9 Å². The predicted molar refractivity (Wildman–Crippen MR) is 168 cm³/mol. The lowest BCUT2D eigenvalue weighted by atomic mass is 9.87. The summed E-state index contributed by atoms with van der Waals surface area (Å²) in [4.78, 5) is 49.5. The SMILES string of the molecule is CC[C@@H](C)C(=O)N[C@H](C(=O)N1CCC[C@H]1c1nc2c(-c3ccccc3)cccc2s1)C1CCN(C(=O)[C@H]2CCCO2)CC1. The maximum Gasteiger partial charge on any atom is 0.251 e. The van der Waals surface area contributed by atoms with E-state index in [-0.39, 0.29) is 41.7 Å². The molecule has 0 radical (unpaired) electrons. The molecule has 0 unspecified atom stereocenters. The molecule has 6 rings (SSSR count). The van der Waals surface area contributed by atoms with Gasteiger partial charge in [-0.05, 0) is 62.5 Å². The lowest BCUT2D eigenvalue weighted by Crippen LogP contribution is -2.55. The number of para-hydroxylation sites is 1. The van der Waals surface area contributed by atoms with E-state index in [2.05, 4.69) is 35.6 Å². The molecule has 1 aromatic heterocycles. The first-order valence-corrected chi connectivity index (χ1v) is 16.7. The summed E-state index contributed by atoms with van der Waals surface area (Å²) in [5.41, 5.74) is 3.19. The van der Waals surface area contributed by atoms with Crippen molar-refractivity contribution in [3.05, 3.63) is 53.5 Å². The molecule has 2 aromatic carbocycles. The van der Waals surface area contributed by atoms with Gasteiger partial charge >= 0.3 is 0 Å². The molecule has 4 heterocycles. The number of hydrogen-bond donors (Lipinski definition) is 1. The summed E-state index contributed by atoms with van der Waals surface area (Å²) in [7, 11) is 0. The van der Waals surface area contributed by atoms with Crippen LogP contribution in [0, 0.1) is 11.8 Å². The Morgan fingerprint density at radius 1 is 1.00 bits per heavy atom. The van der Waals surface area contributed by atoms with E-state index in [9.17, 15) is 14.4 Å². The molecule has 0 spiro atoms. The van der Waals surface area contributed by atoms with E-state index in [1.807, 2.05) is 41.8 Å². The highest BCUT2D eigenvalue weighted by Gasteiger charge is 2.41. The number of hydrogen-bond acceptors (Lipinski definition) is 6. The van der Waals surface area contributed by atoms with Crippen LogP contribution in [0.5, 0.6) is 0 Å². The van der Waals surface area contributed by atoms with Gasteiger partial charge in [-0.1, -0.05) is 56.3 Å². The largest absolute Gasteiger partial charge is 0.368 e. The van der Waals surface area contributed by atoms with Crippen molar-refractivity contribution in [2.75, 3.05) is 26.2 Å². The molecule has 3 aliphatic rings. The van der Waals surface area contributed by atoms with Gasteiger partial charge in [0.2, 0.25) is 11.8 Å². The number of aromatic nitrogens is 1. The maximum absolute atomic E-state index is 14.4. The molecule has 3 amide bonds. The van der Waals surface area contributed by atoms with Gasteiger partial charge in [0.1, 0.15) is 17.2 Å². The van der Waals surface area contributed by atoms with Crippen LogP contribution in [0.15, 0.2) is 48.5 Å². The minimum Gasteiger partial charge on any atom is -0.368 e. The molecule has 3 fully saturated rings. The number of thiazole rings is 1. The molecule has 0 bridgehead atoms. The Hall–Kier alpha value is -3.30. The standard InChI is InChI=1S/C34H42N4O4S/c1-3-22(2)31(39)35-29(24-16-19-37(20-17-24)33(40)27-14-9-21-42-27)34(41)38-18-8-13-26(38)32-36-30-25(12-7-15-28(30)43-32)23-10-5-4-6-11-23/h4-7,10-12,15,22,24,26-27,29H,3,8-9,13-14,16-21H2,1-2H3,(H,35,39)/t22-,26+,27-,29+/m1/s1. The van der Waals surface area contributed by atoms with Crippen LogP contribution in [0.4, 0.5) is 0 Å². The molecule has 43 heavy (non-hydrogen) atoms. The highest BCUT2D eigenvalue weighted by Crippen LogP contribution is 2.40. The first-order valence-electron chi connectivity index (χ1n) is 15.9. The zero-order valence-electron chi connectivity index (χ0n) is 25.2. The topological polar surface area (TPSA) is 91.8 Å². The van der Waals surface area contributed by atoms with E-state index < -0.39 is 6.04 Å². The van der Waals surface area contributed by atoms with E-state index >= 15 is 0 Å². The lowest BCUT2D eigenvalue weighted by molar-refractivity contribution is -0.144. The second-order valence-electron chi connectivity index (χ2n) is 12.2. The van der Waals surface area contributed by atoms with E-state index in [0.29, 0.717) is 45.5 Å². The summed E-state index contributed by atoms with van der Waals surface area (Å²) in [6, 6.07) is 15.8. The molecule has 0 aliphatic carbocycles. The Kier molecular flexibility index (Phi) is 9.09. The Morgan fingerprint density at radius 3 is 2.51 bits per heavy atom. The number of ether oxygens (including phenoxy) is 1. The van der Waals surface area contributed by atoms with Crippen LogP contribution in [0.1, 0.15) is 69.8 Å². The second-order valence-corrected chi connectivity index (χ2v) is 13.3. The van der Waals surface area contributed by atoms with E-state index in [1.54, 1.807) is 11.3 Å². The number of amides is 3. The average molecular weight is 603 g/mol. The molecule has 3 aliphatic heterocycles. The summed E-state index contributed by atoms with van der Waals surface area (Å²) < 4.78 is 6.75. The van der Waals surface area contributed by atoms with Gasteiger partial charge < -0.3 is 19.9 Å². The van der Waals surface area contributed by atoms with Crippen molar-refractivity contribution in [1.82, 2.24) is 20.1 Å². The first kappa shape index (κ1) is 29.8. The van der Waals surface area contributed by atoms with Crippen molar-refractivity contribution in [1.29, 1.82) is 0 Å². The number of benzene rings is 2. The van der Waals surface area contributed by atoms with Crippen LogP contribution in [0.2, 0.25) is 0 Å². The fourth-order valence-corrected chi connectivity index (χ4v) is 7.86.